The monoisotopic (exact) mass is 198 g/mol. The zero-order valence-electron chi connectivity index (χ0n) is 7.74. The number of rotatable bonds is 4. The molecule has 0 aliphatic carbocycles. The van der Waals surface area contributed by atoms with Gasteiger partial charge in [0.2, 0.25) is 5.79 Å². The summed E-state index contributed by atoms with van der Waals surface area (Å²) in [6.45, 7) is 0.225. The van der Waals surface area contributed by atoms with Crippen molar-refractivity contribution in [2.24, 2.45) is 0 Å². The van der Waals surface area contributed by atoms with Crippen molar-refractivity contribution >= 4 is 6.29 Å². The number of aldehydes is 1. The standard InChI is InChI=1S/C10H11FO3/c1-10(13,7-11)14-9-4-2-8(6-12)3-5-9/h2-6,13H,7H2,1H3. The number of hydrogen-bond donors (Lipinski definition) is 1. The lowest BCUT2D eigenvalue weighted by molar-refractivity contribution is -0.134. The molecule has 0 aliphatic heterocycles. The highest BCUT2D eigenvalue weighted by Gasteiger charge is 2.21. The van der Waals surface area contributed by atoms with Crippen molar-refractivity contribution in [2.45, 2.75) is 12.7 Å². The van der Waals surface area contributed by atoms with E-state index < -0.39 is 12.5 Å². The van der Waals surface area contributed by atoms with Crippen LogP contribution in [0.1, 0.15) is 17.3 Å². The first-order valence-corrected chi connectivity index (χ1v) is 4.10. The molecule has 0 heterocycles. The molecule has 0 saturated carbocycles. The lowest BCUT2D eigenvalue weighted by Gasteiger charge is -2.21. The van der Waals surface area contributed by atoms with E-state index in [2.05, 4.69) is 0 Å². The van der Waals surface area contributed by atoms with Crippen LogP contribution >= 0.6 is 0 Å². The normalized spacial score (nSPS) is 14.5. The lowest BCUT2D eigenvalue weighted by Crippen LogP contribution is -2.34. The Bertz CT molecular complexity index is 306. The largest absolute Gasteiger partial charge is 0.460 e. The van der Waals surface area contributed by atoms with Crippen LogP contribution in [0.3, 0.4) is 0 Å². The van der Waals surface area contributed by atoms with Crippen molar-refractivity contribution < 1.29 is 19.0 Å². The molecule has 14 heavy (non-hydrogen) atoms. The molecule has 0 saturated heterocycles. The first kappa shape index (κ1) is 10.7. The molecule has 0 radical (unpaired) electrons. The highest BCUT2D eigenvalue weighted by Crippen LogP contribution is 2.17. The first-order chi connectivity index (χ1) is 6.57. The molecule has 1 aromatic rings. The summed E-state index contributed by atoms with van der Waals surface area (Å²) in [5, 5.41) is 9.24. The van der Waals surface area contributed by atoms with Crippen LogP contribution in [-0.2, 0) is 0 Å². The summed E-state index contributed by atoms with van der Waals surface area (Å²) >= 11 is 0. The van der Waals surface area contributed by atoms with Crippen molar-refractivity contribution in [3.05, 3.63) is 29.8 Å². The van der Waals surface area contributed by atoms with Crippen LogP contribution in [0.15, 0.2) is 24.3 Å². The molecule has 1 rings (SSSR count). The maximum Gasteiger partial charge on any atom is 0.233 e. The van der Waals surface area contributed by atoms with Gasteiger partial charge < -0.3 is 9.84 Å². The highest BCUT2D eigenvalue weighted by atomic mass is 19.1. The van der Waals surface area contributed by atoms with E-state index in [4.69, 9.17) is 4.74 Å². The van der Waals surface area contributed by atoms with Gasteiger partial charge in [-0.2, -0.15) is 0 Å². The van der Waals surface area contributed by atoms with Crippen molar-refractivity contribution in [3.8, 4) is 5.75 Å². The van der Waals surface area contributed by atoms with E-state index >= 15 is 0 Å². The van der Waals surface area contributed by atoms with Crippen LogP contribution in [0.2, 0.25) is 0 Å². The van der Waals surface area contributed by atoms with Crippen LogP contribution < -0.4 is 4.74 Å². The van der Waals surface area contributed by atoms with Gasteiger partial charge in [-0.1, -0.05) is 0 Å². The van der Waals surface area contributed by atoms with Crippen molar-refractivity contribution in [2.75, 3.05) is 6.67 Å². The average molecular weight is 198 g/mol. The Morgan fingerprint density at radius 2 is 2.07 bits per heavy atom. The van der Waals surface area contributed by atoms with Gasteiger partial charge in [-0.25, -0.2) is 4.39 Å². The second-order valence-corrected chi connectivity index (χ2v) is 3.10. The van der Waals surface area contributed by atoms with E-state index in [1.807, 2.05) is 0 Å². The third-order valence-electron chi connectivity index (χ3n) is 1.60. The molecule has 1 atom stereocenters. The van der Waals surface area contributed by atoms with E-state index in [9.17, 15) is 14.3 Å². The van der Waals surface area contributed by atoms with Gasteiger partial charge in [-0.3, -0.25) is 4.79 Å². The number of alkyl halides is 1. The van der Waals surface area contributed by atoms with Gasteiger partial charge >= 0.3 is 0 Å². The zero-order chi connectivity index (χ0) is 10.6. The van der Waals surface area contributed by atoms with Crippen LogP contribution in [0.5, 0.6) is 5.75 Å². The van der Waals surface area contributed by atoms with E-state index in [1.54, 1.807) is 0 Å². The topological polar surface area (TPSA) is 46.5 Å². The molecule has 0 aromatic heterocycles. The zero-order valence-corrected chi connectivity index (χ0v) is 7.74. The quantitative estimate of drug-likeness (QED) is 0.589. The molecule has 0 bridgehead atoms. The minimum atomic E-state index is -1.82. The summed E-state index contributed by atoms with van der Waals surface area (Å²) in [6.07, 6.45) is 0.692. The summed E-state index contributed by atoms with van der Waals surface area (Å²) in [7, 11) is 0. The van der Waals surface area contributed by atoms with Crippen molar-refractivity contribution in [3.63, 3.8) is 0 Å². The Morgan fingerprint density at radius 3 is 2.50 bits per heavy atom. The maximum atomic E-state index is 12.2. The van der Waals surface area contributed by atoms with Crippen molar-refractivity contribution in [1.82, 2.24) is 0 Å². The van der Waals surface area contributed by atoms with Gasteiger partial charge in [0.15, 0.2) is 6.67 Å². The molecule has 0 fully saturated rings. The van der Waals surface area contributed by atoms with Gasteiger partial charge in [-0.15, -0.1) is 0 Å². The van der Waals surface area contributed by atoms with Crippen LogP contribution in [-0.4, -0.2) is 23.9 Å². The Labute approximate surface area is 81.1 Å². The van der Waals surface area contributed by atoms with Crippen LogP contribution in [0.25, 0.3) is 0 Å². The van der Waals surface area contributed by atoms with Gasteiger partial charge in [0.25, 0.3) is 0 Å². The molecule has 4 heteroatoms. The molecule has 76 valence electrons. The van der Waals surface area contributed by atoms with Gasteiger partial charge in [0.1, 0.15) is 12.0 Å². The van der Waals surface area contributed by atoms with Gasteiger partial charge in [0, 0.05) is 12.5 Å². The number of carbonyl (C=O) groups excluding carboxylic acids is 1. The second kappa shape index (κ2) is 4.19. The third kappa shape index (κ3) is 2.81. The van der Waals surface area contributed by atoms with E-state index in [1.165, 1.54) is 31.2 Å². The van der Waals surface area contributed by atoms with Gasteiger partial charge in [0.05, 0.1) is 0 Å². The number of aliphatic hydroxyl groups is 1. The Balaban J connectivity index is 2.73. The maximum absolute atomic E-state index is 12.2. The Morgan fingerprint density at radius 1 is 1.50 bits per heavy atom. The molecule has 1 aromatic carbocycles. The molecule has 0 spiro atoms. The first-order valence-electron chi connectivity index (χ1n) is 4.10. The summed E-state index contributed by atoms with van der Waals surface area (Å²) < 4.78 is 17.1. The Kier molecular flexibility index (Phi) is 3.19. The van der Waals surface area contributed by atoms with Gasteiger partial charge in [-0.05, 0) is 24.3 Å². The number of ether oxygens (including phenoxy) is 1. The average Bonchev–Trinajstić information content (AvgIpc) is 2.19. The lowest BCUT2D eigenvalue weighted by atomic mass is 10.2. The molecular weight excluding hydrogens is 187 g/mol. The smallest absolute Gasteiger partial charge is 0.233 e. The molecule has 3 nitrogen and oxygen atoms in total. The molecule has 1 unspecified atom stereocenters. The summed E-state index contributed by atoms with van der Waals surface area (Å²) in [5.74, 6) is -1.50. The predicted octanol–water partition coefficient (Wildman–Crippen LogP) is 1.56. The van der Waals surface area contributed by atoms with E-state index in [0.717, 1.165) is 0 Å². The number of hydrogen-bond acceptors (Lipinski definition) is 3. The SMILES string of the molecule is CC(O)(CF)Oc1ccc(C=O)cc1. The number of halogens is 1. The minimum Gasteiger partial charge on any atom is -0.460 e. The van der Waals surface area contributed by atoms with E-state index in [-0.39, 0.29) is 0 Å². The fourth-order valence-electron chi connectivity index (χ4n) is 0.896. The fraction of sp³-hybridized carbons (Fsp3) is 0.300. The number of carbonyl (C=O) groups is 1. The predicted molar refractivity (Wildman–Crippen MR) is 49.1 cm³/mol. The third-order valence-corrected chi connectivity index (χ3v) is 1.60. The molecular formula is C10H11FO3. The summed E-state index contributed by atoms with van der Waals surface area (Å²) in [5.41, 5.74) is 0.497. The second-order valence-electron chi connectivity index (χ2n) is 3.10. The highest BCUT2D eigenvalue weighted by molar-refractivity contribution is 5.74. The fourth-order valence-corrected chi connectivity index (χ4v) is 0.896. The summed E-state index contributed by atoms with van der Waals surface area (Å²) in [6, 6.07) is 6.04. The van der Waals surface area contributed by atoms with E-state index in [0.29, 0.717) is 17.6 Å². The Hall–Kier alpha value is -1.42. The summed E-state index contributed by atoms with van der Waals surface area (Å²) in [4.78, 5) is 10.3. The van der Waals surface area contributed by atoms with Crippen LogP contribution in [0.4, 0.5) is 4.39 Å². The molecule has 0 amide bonds. The van der Waals surface area contributed by atoms with Crippen LogP contribution in [0, 0.1) is 0 Å². The minimum absolute atomic E-state index is 0.318. The number of benzene rings is 1. The molecule has 0 aliphatic rings. The van der Waals surface area contributed by atoms with Crippen molar-refractivity contribution in [1.29, 1.82) is 0 Å². The molecule has 1 N–H and O–H groups in total.